The van der Waals surface area contributed by atoms with Crippen molar-refractivity contribution in [2.45, 2.75) is 18.0 Å². The van der Waals surface area contributed by atoms with Crippen molar-refractivity contribution in [3.8, 4) is 0 Å². The monoisotopic (exact) mass is 415 g/mol. The van der Waals surface area contributed by atoms with Crippen LogP contribution in [0.5, 0.6) is 0 Å². The number of aromatic nitrogens is 2. The number of hydrogen-bond donors (Lipinski definition) is 0. The molecule has 0 spiro atoms. The number of benzene rings is 1. The van der Waals surface area contributed by atoms with Crippen molar-refractivity contribution in [3.05, 3.63) is 89.0 Å². The Labute approximate surface area is 168 Å². The highest BCUT2D eigenvalue weighted by Crippen LogP contribution is 2.24. The number of sulfone groups is 1. The van der Waals surface area contributed by atoms with Crippen LogP contribution >= 0.6 is 11.6 Å². The molecule has 8 heteroatoms. The van der Waals surface area contributed by atoms with Crippen molar-refractivity contribution in [1.29, 1.82) is 0 Å². The van der Waals surface area contributed by atoms with E-state index in [9.17, 15) is 13.2 Å². The summed E-state index contributed by atoms with van der Waals surface area (Å²) in [7, 11) is -3.47. The van der Waals surface area contributed by atoms with Gasteiger partial charge in [0.2, 0.25) is 0 Å². The number of halogens is 1. The van der Waals surface area contributed by atoms with Crippen molar-refractivity contribution in [2.24, 2.45) is 0 Å². The van der Waals surface area contributed by atoms with Gasteiger partial charge in [-0.2, -0.15) is 0 Å². The zero-order chi connectivity index (χ0) is 20.1. The van der Waals surface area contributed by atoms with E-state index in [0.29, 0.717) is 13.1 Å². The summed E-state index contributed by atoms with van der Waals surface area (Å²) in [6.07, 6.45) is 7.74. The van der Waals surface area contributed by atoms with Gasteiger partial charge in [-0.25, -0.2) is 8.42 Å². The van der Waals surface area contributed by atoms with Crippen LogP contribution in [0.4, 0.5) is 0 Å². The summed E-state index contributed by atoms with van der Waals surface area (Å²) in [5.74, 6) is -0.365. The van der Waals surface area contributed by atoms with Gasteiger partial charge in [-0.05, 0) is 47.5 Å². The Morgan fingerprint density at radius 1 is 1.00 bits per heavy atom. The molecular formula is C20H18ClN3O3S. The molecule has 2 aromatic heterocycles. The second-order valence-corrected chi connectivity index (χ2v) is 8.71. The second-order valence-electron chi connectivity index (χ2n) is 6.29. The molecule has 0 radical (unpaired) electrons. The lowest BCUT2D eigenvalue weighted by atomic mass is 10.1. The first-order chi connectivity index (χ1) is 13.3. The first-order valence-corrected chi connectivity index (χ1v) is 10.7. The number of rotatable bonds is 6. The molecule has 0 saturated heterocycles. The fraction of sp³-hybridized carbons (Fsp3) is 0.150. The van der Waals surface area contributed by atoms with Gasteiger partial charge in [0.1, 0.15) is 0 Å². The largest absolute Gasteiger partial charge is 0.330 e. The van der Waals surface area contributed by atoms with Crippen molar-refractivity contribution in [1.82, 2.24) is 14.9 Å². The maximum Gasteiger partial charge on any atom is 0.256 e. The predicted molar refractivity (Wildman–Crippen MR) is 107 cm³/mol. The Morgan fingerprint density at radius 2 is 1.71 bits per heavy atom. The normalized spacial score (nSPS) is 11.2. The number of pyridine rings is 2. The molecule has 0 N–H and O–H groups in total. The smallest absolute Gasteiger partial charge is 0.256 e. The Kier molecular flexibility index (Phi) is 6.06. The molecule has 0 fully saturated rings. The molecule has 2 heterocycles. The third-order valence-corrected chi connectivity index (χ3v) is 5.54. The summed E-state index contributed by atoms with van der Waals surface area (Å²) in [5.41, 5.74) is 1.88. The Morgan fingerprint density at radius 3 is 2.36 bits per heavy atom. The quantitative estimate of drug-likeness (QED) is 0.616. The lowest BCUT2D eigenvalue weighted by molar-refractivity contribution is 0.0729. The minimum absolute atomic E-state index is 0.0467. The number of amides is 1. The molecule has 28 heavy (non-hydrogen) atoms. The van der Waals surface area contributed by atoms with Crippen molar-refractivity contribution in [2.75, 3.05) is 6.26 Å². The van der Waals surface area contributed by atoms with E-state index < -0.39 is 9.84 Å². The van der Waals surface area contributed by atoms with Gasteiger partial charge in [0.05, 0.1) is 15.5 Å². The molecule has 0 aliphatic heterocycles. The topological polar surface area (TPSA) is 80.2 Å². The van der Waals surface area contributed by atoms with Gasteiger partial charge >= 0.3 is 0 Å². The Bertz CT molecular complexity index is 1030. The van der Waals surface area contributed by atoms with Crippen molar-refractivity contribution in [3.63, 3.8) is 0 Å². The van der Waals surface area contributed by atoms with Crippen LogP contribution in [0.1, 0.15) is 21.5 Å². The van der Waals surface area contributed by atoms with Crippen LogP contribution in [0.15, 0.2) is 72.1 Å². The summed E-state index contributed by atoms with van der Waals surface area (Å²) in [4.78, 5) is 23.0. The number of carbonyl (C=O) groups excluding carboxylic acids is 1. The highest BCUT2D eigenvalue weighted by atomic mass is 35.5. The van der Waals surface area contributed by atoms with E-state index in [1.807, 2.05) is 18.2 Å². The summed E-state index contributed by atoms with van der Waals surface area (Å²) in [5, 5.41) is 0.198. The molecule has 0 unspecified atom stereocenters. The Hall–Kier alpha value is -2.77. The third-order valence-electron chi connectivity index (χ3n) is 4.10. The average Bonchev–Trinajstić information content (AvgIpc) is 2.68. The minimum atomic E-state index is -3.47. The highest BCUT2D eigenvalue weighted by Gasteiger charge is 2.21. The lowest BCUT2D eigenvalue weighted by Crippen LogP contribution is -2.30. The lowest BCUT2D eigenvalue weighted by Gasteiger charge is -2.23. The number of carbonyl (C=O) groups is 1. The summed E-state index contributed by atoms with van der Waals surface area (Å²) in [6.45, 7) is 0.615. The van der Waals surface area contributed by atoms with E-state index in [4.69, 9.17) is 11.6 Å². The standard InChI is InChI=1S/C20H18ClN3O3S/c1-28(26,27)17-4-5-19(21)18(11-17)20(25)24(13-15-6-9-22-10-7-15)14-16-3-2-8-23-12-16/h2-12H,13-14H2,1H3. The van der Waals surface area contributed by atoms with Gasteiger partial charge in [-0.3, -0.25) is 14.8 Å². The maximum absolute atomic E-state index is 13.3. The first kappa shape index (κ1) is 20.0. The van der Waals surface area contributed by atoms with Gasteiger partial charge in [0.15, 0.2) is 9.84 Å². The zero-order valence-electron chi connectivity index (χ0n) is 15.1. The maximum atomic E-state index is 13.3. The second kappa shape index (κ2) is 8.50. The van der Waals surface area contributed by atoms with E-state index in [1.165, 1.54) is 18.2 Å². The molecular weight excluding hydrogens is 398 g/mol. The van der Waals surface area contributed by atoms with E-state index in [2.05, 4.69) is 9.97 Å². The molecule has 0 atom stereocenters. The van der Waals surface area contributed by atoms with Crippen LogP contribution in [-0.2, 0) is 22.9 Å². The SMILES string of the molecule is CS(=O)(=O)c1ccc(Cl)c(C(=O)N(Cc2ccncc2)Cc2cccnc2)c1. The van der Waals surface area contributed by atoms with Gasteiger partial charge in [-0.1, -0.05) is 17.7 Å². The van der Waals surface area contributed by atoms with Crippen LogP contribution in [0, 0.1) is 0 Å². The molecule has 1 aromatic carbocycles. The molecule has 0 saturated carbocycles. The fourth-order valence-electron chi connectivity index (χ4n) is 2.69. The molecule has 1 amide bonds. The molecule has 3 rings (SSSR count). The molecule has 0 bridgehead atoms. The number of nitrogens with zero attached hydrogens (tertiary/aromatic N) is 3. The average molecular weight is 416 g/mol. The van der Waals surface area contributed by atoms with Gasteiger partial charge < -0.3 is 4.90 Å². The van der Waals surface area contributed by atoms with Gasteiger partial charge in [0.25, 0.3) is 5.91 Å². The van der Waals surface area contributed by atoms with E-state index in [-0.39, 0.29) is 21.4 Å². The number of hydrogen-bond acceptors (Lipinski definition) is 5. The molecule has 0 aliphatic rings. The van der Waals surface area contributed by atoms with E-state index in [0.717, 1.165) is 17.4 Å². The van der Waals surface area contributed by atoms with Crippen LogP contribution in [0.2, 0.25) is 5.02 Å². The molecule has 3 aromatic rings. The van der Waals surface area contributed by atoms with Crippen LogP contribution in [0.3, 0.4) is 0 Å². The van der Waals surface area contributed by atoms with Gasteiger partial charge in [-0.15, -0.1) is 0 Å². The predicted octanol–water partition coefficient (Wildman–Crippen LogP) is 3.38. The zero-order valence-corrected chi connectivity index (χ0v) is 16.7. The van der Waals surface area contributed by atoms with Crippen molar-refractivity contribution < 1.29 is 13.2 Å². The van der Waals surface area contributed by atoms with Gasteiger partial charge in [0, 0.05) is 44.1 Å². The molecule has 144 valence electrons. The third kappa shape index (κ3) is 4.94. The summed E-state index contributed by atoms with van der Waals surface area (Å²) in [6, 6.07) is 11.4. The van der Waals surface area contributed by atoms with E-state index >= 15 is 0 Å². The van der Waals surface area contributed by atoms with Crippen LogP contribution < -0.4 is 0 Å². The van der Waals surface area contributed by atoms with Crippen LogP contribution in [0.25, 0.3) is 0 Å². The highest BCUT2D eigenvalue weighted by molar-refractivity contribution is 7.90. The first-order valence-electron chi connectivity index (χ1n) is 8.41. The van der Waals surface area contributed by atoms with Crippen LogP contribution in [-0.4, -0.2) is 35.4 Å². The minimum Gasteiger partial charge on any atom is -0.330 e. The summed E-state index contributed by atoms with van der Waals surface area (Å²) < 4.78 is 23.8. The van der Waals surface area contributed by atoms with E-state index in [1.54, 1.807) is 35.8 Å². The van der Waals surface area contributed by atoms with Crippen molar-refractivity contribution >= 4 is 27.3 Å². The Balaban J connectivity index is 1.98. The molecule has 6 nitrogen and oxygen atoms in total. The fourth-order valence-corrected chi connectivity index (χ4v) is 3.53. The molecule has 0 aliphatic carbocycles. The summed E-state index contributed by atoms with van der Waals surface area (Å²) >= 11 is 6.23.